The summed E-state index contributed by atoms with van der Waals surface area (Å²) < 4.78 is 2.02. The number of para-hydroxylation sites is 1. The second-order valence-corrected chi connectivity index (χ2v) is 9.06. The van der Waals surface area contributed by atoms with Gasteiger partial charge >= 0.3 is 0 Å². The van der Waals surface area contributed by atoms with Crippen molar-refractivity contribution in [3.8, 4) is 0 Å². The van der Waals surface area contributed by atoms with E-state index in [1.54, 1.807) is 0 Å². The number of piperazine rings is 1. The number of nitrogens with zero attached hydrogens (tertiary/aromatic N) is 4. The van der Waals surface area contributed by atoms with Crippen LogP contribution in [0.25, 0.3) is 10.9 Å². The maximum atomic E-state index is 13.3. The molecule has 0 bridgehead atoms. The fourth-order valence-corrected chi connectivity index (χ4v) is 5.24. The van der Waals surface area contributed by atoms with Gasteiger partial charge in [0.2, 0.25) is 5.82 Å². The number of tetrazole rings is 1. The van der Waals surface area contributed by atoms with Gasteiger partial charge in [0.25, 0.3) is 5.56 Å². The van der Waals surface area contributed by atoms with Crippen molar-refractivity contribution in [1.82, 2.24) is 25.2 Å². The van der Waals surface area contributed by atoms with E-state index in [0.29, 0.717) is 6.04 Å². The maximum absolute atomic E-state index is 13.3. The average Bonchev–Trinajstić information content (AvgIpc) is 3.43. The highest BCUT2D eigenvalue weighted by Gasteiger charge is 2.38. The van der Waals surface area contributed by atoms with Crippen molar-refractivity contribution < 1.29 is 9.80 Å². The second-order valence-electron chi connectivity index (χ2n) is 9.06. The fourth-order valence-electron chi connectivity index (χ4n) is 5.24. The highest BCUT2D eigenvalue weighted by molar-refractivity contribution is 5.82. The molecule has 1 saturated carbocycles. The van der Waals surface area contributed by atoms with Crippen LogP contribution in [0.2, 0.25) is 0 Å². The number of aromatic amines is 1. The van der Waals surface area contributed by atoms with Gasteiger partial charge in [-0.15, -0.1) is 5.10 Å². The van der Waals surface area contributed by atoms with Gasteiger partial charge < -0.3 is 14.8 Å². The van der Waals surface area contributed by atoms with Crippen LogP contribution in [0.1, 0.15) is 54.7 Å². The van der Waals surface area contributed by atoms with Crippen LogP contribution in [0.15, 0.2) is 29.1 Å². The van der Waals surface area contributed by atoms with Crippen molar-refractivity contribution in [2.75, 3.05) is 33.2 Å². The highest BCUT2D eigenvalue weighted by atomic mass is 16.1. The van der Waals surface area contributed by atoms with E-state index in [4.69, 9.17) is 0 Å². The second kappa shape index (κ2) is 7.92. The van der Waals surface area contributed by atoms with Gasteiger partial charge in [-0.05, 0) is 47.2 Å². The molecule has 0 amide bonds. The number of H-pyrrole nitrogens is 1. The largest absolute Gasteiger partial charge is 0.328 e. The van der Waals surface area contributed by atoms with E-state index >= 15 is 0 Å². The SMILES string of the molecule is Cc1cccc2cc([C@H](c3nnnn3C3CCCC3)[NH+]3CC[NH+](C)CC3)c(=O)[nH]c12. The third-order valence-corrected chi connectivity index (χ3v) is 7.03. The molecule has 3 heterocycles. The summed E-state index contributed by atoms with van der Waals surface area (Å²) in [5.41, 5.74) is 2.75. The number of quaternary nitrogens is 2. The van der Waals surface area contributed by atoms with Crippen LogP contribution in [-0.2, 0) is 0 Å². The molecule has 3 aromatic rings. The molecular weight excluding hydrogens is 378 g/mol. The number of nitrogens with one attached hydrogen (secondary N) is 3. The van der Waals surface area contributed by atoms with Gasteiger partial charge in [0.1, 0.15) is 26.2 Å². The zero-order chi connectivity index (χ0) is 20.7. The van der Waals surface area contributed by atoms with Crippen molar-refractivity contribution in [3.63, 3.8) is 0 Å². The zero-order valence-corrected chi connectivity index (χ0v) is 17.8. The van der Waals surface area contributed by atoms with Crippen LogP contribution in [0.5, 0.6) is 0 Å². The lowest BCUT2D eigenvalue weighted by Gasteiger charge is -2.33. The summed E-state index contributed by atoms with van der Waals surface area (Å²) in [4.78, 5) is 19.4. The molecule has 5 rings (SSSR count). The molecule has 158 valence electrons. The number of benzene rings is 1. The molecule has 1 atom stereocenters. The maximum Gasteiger partial charge on any atom is 0.258 e. The Balaban J connectivity index is 1.64. The first-order valence-electron chi connectivity index (χ1n) is 11.2. The summed E-state index contributed by atoms with van der Waals surface area (Å²) in [6, 6.07) is 8.41. The van der Waals surface area contributed by atoms with E-state index in [9.17, 15) is 4.79 Å². The number of aryl methyl sites for hydroxylation is 1. The van der Waals surface area contributed by atoms with Crippen molar-refractivity contribution in [3.05, 3.63) is 51.6 Å². The predicted octanol–water partition coefficient (Wildman–Crippen LogP) is -0.559. The lowest BCUT2D eigenvalue weighted by molar-refractivity contribution is -1.02. The smallest absolute Gasteiger partial charge is 0.258 e. The summed E-state index contributed by atoms with van der Waals surface area (Å²) in [5.74, 6) is 0.842. The molecule has 3 N–H and O–H groups in total. The van der Waals surface area contributed by atoms with Gasteiger partial charge in [-0.2, -0.15) is 0 Å². The van der Waals surface area contributed by atoms with Gasteiger partial charge in [0.15, 0.2) is 6.04 Å². The predicted molar refractivity (Wildman–Crippen MR) is 114 cm³/mol. The molecule has 1 aromatic carbocycles. The van der Waals surface area contributed by atoms with Crippen LogP contribution >= 0.6 is 0 Å². The lowest BCUT2D eigenvalue weighted by atomic mass is 10.0. The minimum Gasteiger partial charge on any atom is -0.328 e. The molecule has 0 spiro atoms. The Morgan fingerprint density at radius 3 is 2.70 bits per heavy atom. The van der Waals surface area contributed by atoms with Crippen molar-refractivity contribution in [2.45, 2.75) is 44.7 Å². The number of likely N-dealkylation sites (N-methyl/N-ethyl adjacent to an activating group) is 1. The monoisotopic (exact) mass is 409 g/mol. The normalized spacial score (nSPS) is 23.8. The number of fused-ring (bicyclic) bond motifs is 1. The zero-order valence-electron chi connectivity index (χ0n) is 17.8. The Morgan fingerprint density at radius 1 is 1.17 bits per heavy atom. The molecule has 30 heavy (non-hydrogen) atoms. The topological polar surface area (TPSA) is 85.3 Å². The van der Waals surface area contributed by atoms with E-state index < -0.39 is 0 Å². The van der Waals surface area contributed by atoms with E-state index in [2.05, 4.69) is 39.7 Å². The number of aromatic nitrogens is 5. The highest BCUT2D eigenvalue weighted by Crippen LogP contribution is 2.31. The molecule has 1 aliphatic heterocycles. The van der Waals surface area contributed by atoms with E-state index in [1.165, 1.54) is 22.6 Å². The van der Waals surface area contributed by atoms with Gasteiger partial charge in [0.05, 0.1) is 24.2 Å². The molecule has 2 aliphatic rings. The minimum absolute atomic E-state index is 0.0263. The molecule has 2 fully saturated rings. The number of pyridine rings is 1. The fraction of sp³-hybridized carbons (Fsp3) is 0.545. The first kappa shape index (κ1) is 19.4. The molecule has 0 unspecified atom stereocenters. The minimum atomic E-state index is -0.151. The summed E-state index contributed by atoms with van der Waals surface area (Å²) >= 11 is 0. The average molecular weight is 410 g/mol. The van der Waals surface area contributed by atoms with E-state index in [-0.39, 0.29) is 11.6 Å². The molecule has 8 nitrogen and oxygen atoms in total. The summed E-state index contributed by atoms with van der Waals surface area (Å²) in [7, 11) is 2.24. The molecule has 2 aromatic heterocycles. The van der Waals surface area contributed by atoms with Crippen LogP contribution in [-0.4, -0.2) is 58.4 Å². The van der Waals surface area contributed by atoms with Crippen LogP contribution in [0.3, 0.4) is 0 Å². The Labute approximate surface area is 175 Å². The van der Waals surface area contributed by atoms with Gasteiger partial charge in [-0.25, -0.2) is 4.68 Å². The molecule has 0 radical (unpaired) electrons. The van der Waals surface area contributed by atoms with Gasteiger partial charge in [-0.3, -0.25) is 4.79 Å². The lowest BCUT2D eigenvalue weighted by Crippen LogP contribution is -3.27. The third kappa shape index (κ3) is 3.44. The summed E-state index contributed by atoms with van der Waals surface area (Å²) in [5, 5.41) is 14.0. The van der Waals surface area contributed by atoms with Crippen LogP contribution in [0.4, 0.5) is 0 Å². The van der Waals surface area contributed by atoms with Gasteiger partial charge in [0, 0.05) is 0 Å². The number of rotatable bonds is 4. The van der Waals surface area contributed by atoms with E-state index in [1.807, 2.05) is 23.7 Å². The van der Waals surface area contributed by atoms with Crippen molar-refractivity contribution in [1.29, 1.82) is 0 Å². The van der Waals surface area contributed by atoms with E-state index in [0.717, 1.165) is 66.9 Å². The Morgan fingerprint density at radius 2 is 1.93 bits per heavy atom. The first-order chi connectivity index (χ1) is 14.6. The Bertz CT molecular complexity index is 1090. The first-order valence-corrected chi connectivity index (χ1v) is 11.2. The van der Waals surface area contributed by atoms with Crippen LogP contribution in [0, 0.1) is 6.92 Å². The molecule has 8 heteroatoms. The summed E-state index contributed by atoms with van der Waals surface area (Å²) in [6.45, 7) is 6.20. The quantitative estimate of drug-likeness (QED) is 0.539. The number of hydrogen-bond acceptors (Lipinski definition) is 4. The van der Waals surface area contributed by atoms with Crippen LogP contribution < -0.4 is 15.4 Å². The standard InChI is InChI=1S/C22H29N7O/c1-15-6-5-7-16-14-18(22(30)23-19(15)16)20(28-12-10-27(2)11-13-28)21-24-25-26-29(21)17-8-3-4-9-17/h5-7,14,17,20H,3-4,8-13H2,1-2H3,(H,23,30)/p+2/t20-/m1/s1. The third-order valence-electron chi connectivity index (χ3n) is 7.03. The Kier molecular flexibility index (Phi) is 5.12. The molecular formula is C22H31N7O+2. The van der Waals surface area contributed by atoms with Crippen molar-refractivity contribution in [2.24, 2.45) is 0 Å². The van der Waals surface area contributed by atoms with Gasteiger partial charge in [-0.1, -0.05) is 31.0 Å². The van der Waals surface area contributed by atoms with Crippen molar-refractivity contribution >= 4 is 10.9 Å². The number of hydrogen-bond donors (Lipinski definition) is 3. The summed E-state index contributed by atoms with van der Waals surface area (Å²) in [6.07, 6.45) is 4.66. The molecule has 1 aliphatic carbocycles. The molecule has 1 saturated heterocycles. The Hall–Kier alpha value is -2.58.